The van der Waals surface area contributed by atoms with Gasteiger partial charge in [0.15, 0.2) is 10.3 Å². The fourth-order valence-electron chi connectivity index (χ4n) is 6.06. The lowest BCUT2D eigenvalue weighted by atomic mass is 9.47. The average molecular weight is 521 g/mol. The monoisotopic (exact) mass is 520 g/mol. The number of amides is 2. The number of hydrogen-bond donors (Lipinski definition) is 4. The van der Waals surface area contributed by atoms with Crippen LogP contribution >= 0.6 is 22.7 Å². The Kier molecular flexibility index (Phi) is 7.95. The summed E-state index contributed by atoms with van der Waals surface area (Å²) in [5.74, 6) is -0.395. The van der Waals surface area contributed by atoms with Gasteiger partial charge in [0.05, 0.1) is 18.4 Å². The van der Waals surface area contributed by atoms with Crippen molar-refractivity contribution in [3.63, 3.8) is 0 Å². The van der Waals surface area contributed by atoms with E-state index in [0.29, 0.717) is 29.5 Å². The van der Waals surface area contributed by atoms with Crippen LogP contribution in [-0.4, -0.2) is 44.7 Å². The summed E-state index contributed by atoms with van der Waals surface area (Å²) < 4.78 is 0. The lowest BCUT2D eigenvalue weighted by molar-refractivity contribution is -0.143. The van der Waals surface area contributed by atoms with Crippen molar-refractivity contribution in [1.29, 1.82) is 0 Å². The first-order valence-electron chi connectivity index (χ1n) is 12.5. The van der Waals surface area contributed by atoms with Crippen LogP contribution in [0.4, 0.5) is 10.3 Å². The Morgan fingerprint density at radius 3 is 2.66 bits per heavy atom. The van der Waals surface area contributed by atoms with Crippen LogP contribution in [0.5, 0.6) is 0 Å². The molecule has 2 aliphatic carbocycles. The maximum absolute atomic E-state index is 13.1. The van der Waals surface area contributed by atoms with Crippen LogP contribution in [0.1, 0.15) is 82.2 Å². The van der Waals surface area contributed by atoms with Crippen LogP contribution in [-0.2, 0) is 16.0 Å². The van der Waals surface area contributed by atoms with Gasteiger partial charge in [-0.15, -0.1) is 22.7 Å². The Bertz CT molecular complexity index is 1040. The Hall–Kier alpha value is -1.88. The summed E-state index contributed by atoms with van der Waals surface area (Å²) in [4.78, 5) is 35.6. The number of nitrogens with zero attached hydrogens (tertiary/aromatic N) is 2. The third kappa shape index (κ3) is 5.16. The Morgan fingerprint density at radius 1 is 1.20 bits per heavy atom. The van der Waals surface area contributed by atoms with E-state index in [9.17, 15) is 19.8 Å². The molecule has 0 bridgehead atoms. The molecule has 2 amide bonds. The van der Waals surface area contributed by atoms with Gasteiger partial charge in [-0.05, 0) is 37.0 Å². The number of rotatable bonds is 9. The number of anilines is 2. The fraction of sp³-hybridized carbons (Fsp3) is 0.680. The summed E-state index contributed by atoms with van der Waals surface area (Å²) in [6.07, 6.45) is 6.61. The SMILES string of the molecule is CCCCCC(=O)Nc1nc2c(s1)C[C@H]1[C@](C)(CO)[C@H](O)CC[C@@]1(C)[C@@H]2CC(=O)Nc1nccs1. The molecule has 2 aromatic heterocycles. The Labute approximate surface area is 214 Å². The molecule has 5 atom stereocenters. The molecule has 0 radical (unpaired) electrons. The van der Waals surface area contributed by atoms with Gasteiger partial charge in [0.2, 0.25) is 11.8 Å². The second-order valence-corrected chi connectivity index (χ2v) is 12.4. The number of carbonyl (C=O) groups excluding carboxylic acids is 2. The van der Waals surface area contributed by atoms with E-state index in [0.717, 1.165) is 36.3 Å². The third-order valence-corrected chi connectivity index (χ3v) is 9.91. The minimum absolute atomic E-state index is 0.0255. The first-order chi connectivity index (χ1) is 16.7. The van der Waals surface area contributed by atoms with Gasteiger partial charge in [0.1, 0.15) is 0 Å². The molecule has 0 saturated heterocycles. The first-order valence-corrected chi connectivity index (χ1v) is 14.2. The first kappa shape index (κ1) is 26.2. The molecule has 2 aromatic rings. The highest BCUT2D eigenvalue weighted by atomic mass is 32.1. The van der Waals surface area contributed by atoms with Crippen LogP contribution in [0.2, 0.25) is 0 Å². The molecule has 10 heteroatoms. The topological polar surface area (TPSA) is 124 Å². The number of nitrogens with one attached hydrogen (secondary N) is 2. The highest BCUT2D eigenvalue weighted by Crippen LogP contribution is 2.62. The van der Waals surface area contributed by atoms with Crippen molar-refractivity contribution in [3.05, 3.63) is 22.1 Å². The number of thiazole rings is 2. The largest absolute Gasteiger partial charge is 0.396 e. The van der Waals surface area contributed by atoms with Crippen molar-refractivity contribution in [2.75, 3.05) is 17.2 Å². The highest BCUT2D eigenvalue weighted by Gasteiger charge is 2.59. The van der Waals surface area contributed by atoms with Gasteiger partial charge in [-0.1, -0.05) is 33.6 Å². The van der Waals surface area contributed by atoms with Crippen LogP contribution in [0.3, 0.4) is 0 Å². The number of hydrogen-bond acceptors (Lipinski definition) is 8. The predicted molar refractivity (Wildman–Crippen MR) is 139 cm³/mol. The number of carbonyl (C=O) groups is 2. The summed E-state index contributed by atoms with van der Waals surface area (Å²) in [7, 11) is 0. The van der Waals surface area contributed by atoms with E-state index >= 15 is 0 Å². The fourth-order valence-corrected chi connectivity index (χ4v) is 7.69. The molecule has 2 aliphatic rings. The maximum Gasteiger partial charge on any atom is 0.226 e. The Morgan fingerprint density at radius 2 is 1.97 bits per heavy atom. The zero-order chi connectivity index (χ0) is 25.2. The summed E-state index contributed by atoms with van der Waals surface area (Å²) in [6, 6.07) is 0. The number of aromatic nitrogens is 2. The van der Waals surface area contributed by atoms with E-state index in [4.69, 9.17) is 4.98 Å². The lowest BCUT2D eigenvalue weighted by Gasteiger charge is -2.58. The van der Waals surface area contributed by atoms with Gasteiger partial charge in [-0.2, -0.15) is 0 Å². The molecule has 35 heavy (non-hydrogen) atoms. The van der Waals surface area contributed by atoms with Crippen molar-refractivity contribution >= 4 is 44.8 Å². The van der Waals surface area contributed by atoms with Crippen LogP contribution in [0.25, 0.3) is 0 Å². The Balaban J connectivity index is 1.65. The molecule has 1 saturated carbocycles. The summed E-state index contributed by atoms with van der Waals surface area (Å²) in [6.45, 7) is 6.11. The molecule has 0 spiro atoms. The second kappa shape index (κ2) is 10.6. The minimum atomic E-state index is -0.678. The van der Waals surface area contributed by atoms with E-state index in [1.54, 1.807) is 6.20 Å². The van der Waals surface area contributed by atoms with E-state index in [2.05, 4.69) is 29.5 Å². The third-order valence-electron chi connectivity index (χ3n) is 8.22. The predicted octanol–water partition coefficient (Wildman–Crippen LogP) is 4.56. The van der Waals surface area contributed by atoms with Crippen molar-refractivity contribution < 1.29 is 19.8 Å². The highest BCUT2D eigenvalue weighted by molar-refractivity contribution is 7.16. The van der Waals surface area contributed by atoms with Crippen LogP contribution in [0.15, 0.2) is 11.6 Å². The summed E-state index contributed by atoms with van der Waals surface area (Å²) in [5, 5.41) is 30.1. The van der Waals surface area contributed by atoms with E-state index in [-0.39, 0.29) is 42.1 Å². The normalized spacial score (nSPS) is 29.8. The van der Waals surface area contributed by atoms with Gasteiger partial charge < -0.3 is 20.8 Å². The van der Waals surface area contributed by atoms with Gasteiger partial charge in [0.25, 0.3) is 0 Å². The summed E-state index contributed by atoms with van der Waals surface area (Å²) >= 11 is 2.83. The van der Waals surface area contributed by atoms with Gasteiger partial charge >= 0.3 is 0 Å². The van der Waals surface area contributed by atoms with Crippen molar-refractivity contribution in [1.82, 2.24) is 9.97 Å². The molecule has 192 valence electrons. The molecule has 0 aromatic carbocycles. The number of fused-ring (bicyclic) bond motifs is 2. The van der Waals surface area contributed by atoms with Crippen molar-refractivity contribution in [2.45, 2.75) is 84.2 Å². The maximum atomic E-state index is 13.1. The zero-order valence-electron chi connectivity index (χ0n) is 20.7. The molecule has 0 aliphatic heterocycles. The molecular formula is C25H36N4O4S2. The van der Waals surface area contributed by atoms with Crippen molar-refractivity contribution in [2.24, 2.45) is 16.7 Å². The number of aliphatic hydroxyl groups excluding tert-OH is 2. The lowest BCUT2D eigenvalue weighted by Crippen LogP contribution is -2.57. The molecule has 0 unspecified atom stereocenters. The zero-order valence-corrected chi connectivity index (χ0v) is 22.3. The second-order valence-electron chi connectivity index (χ2n) is 10.5. The van der Waals surface area contributed by atoms with E-state index in [1.807, 2.05) is 12.3 Å². The molecular weight excluding hydrogens is 484 g/mol. The standard InChI is InChI=1S/C25H36N4O4S2/c1-4-5-6-7-19(32)27-23-29-21-15(12-20(33)28-22-26-10-11-34-22)24(2)9-8-18(31)25(3,14-30)17(24)13-16(21)35-23/h10-11,15,17-18,30-31H,4-9,12-14H2,1-3H3,(H,26,28,33)(H,27,29,32)/t15-,17-,18-,24+,25+/m1/s1. The minimum Gasteiger partial charge on any atom is -0.396 e. The molecule has 2 heterocycles. The molecule has 8 nitrogen and oxygen atoms in total. The molecule has 4 N–H and O–H groups in total. The quantitative estimate of drug-likeness (QED) is 0.359. The number of aliphatic hydroxyl groups is 2. The van der Waals surface area contributed by atoms with Crippen LogP contribution < -0.4 is 10.6 Å². The van der Waals surface area contributed by atoms with Gasteiger partial charge in [0, 0.05) is 40.6 Å². The molecule has 1 fully saturated rings. The summed E-state index contributed by atoms with van der Waals surface area (Å²) in [5.41, 5.74) is -0.147. The van der Waals surface area contributed by atoms with E-state index < -0.39 is 11.5 Å². The van der Waals surface area contributed by atoms with Gasteiger partial charge in [-0.25, -0.2) is 9.97 Å². The van der Waals surface area contributed by atoms with Crippen LogP contribution in [0, 0.1) is 16.7 Å². The van der Waals surface area contributed by atoms with E-state index in [1.165, 1.54) is 22.7 Å². The molecule has 4 rings (SSSR count). The van der Waals surface area contributed by atoms with Crippen molar-refractivity contribution in [3.8, 4) is 0 Å². The van der Waals surface area contributed by atoms with Gasteiger partial charge in [-0.3, -0.25) is 9.59 Å². The number of unbranched alkanes of at least 4 members (excludes halogenated alkanes) is 2. The smallest absolute Gasteiger partial charge is 0.226 e. The average Bonchev–Trinajstić information content (AvgIpc) is 3.47.